The molecule has 0 aromatic heterocycles. The lowest BCUT2D eigenvalue weighted by Crippen LogP contribution is -2.82. The molecule has 13 atom stereocenters. The number of nitrogens with zero attached hydrogens (tertiary/aromatic N) is 2. The molecule has 2 aliphatic heterocycles. The maximum absolute atomic E-state index is 14.0. The number of likely N-dealkylation sites (N-methyl/N-ethyl adjacent to an activating group) is 1. The topological polar surface area (TPSA) is 144 Å². The minimum atomic E-state index is -1.69. The number of anilines is 1. The molecule has 5 aliphatic carbocycles. The lowest BCUT2D eigenvalue weighted by atomic mass is 9.42. The highest BCUT2D eigenvalue weighted by molar-refractivity contribution is 6.21. The summed E-state index contributed by atoms with van der Waals surface area (Å²) in [5, 5.41) is 26.5. The predicted molar refractivity (Wildman–Crippen MR) is 170 cm³/mol. The molecule has 7 bridgehead atoms. The van der Waals surface area contributed by atoms with Crippen molar-refractivity contribution in [2.75, 3.05) is 53.0 Å². The molecule has 0 radical (unpaired) electrons. The zero-order chi connectivity index (χ0) is 34.0. The molecule has 2 N–H and O–H groups in total. The first-order chi connectivity index (χ1) is 23.0. The van der Waals surface area contributed by atoms with E-state index < -0.39 is 40.1 Å². The van der Waals surface area contributed by atoms with Gasteiger partial charge in [0.15, 0.2) is 0 Å². The van der Waals surface area contributed by atoms with E-state index in [1.165, 1.54) is 0 Å². The average molecular weight is 669 g/mol. The Morgan fingerprint density at radius 3 is 2.38 bits per heavy atom. The van der Waals surface area contributed by atoms with Crippen molar-refractivity contribution in [1.29, 1.82) is 0 Å². The lowest BCUT2D eigenvalue weighted by molar-refractivity contribution is -0.320. The van der Waals surface area contributed by atoms with E-state index in [4.69, 9.17) is 23.7 Å². The molecule has 12 heteroatoms. The smallest absolute Gasteiger partial charge is 0.340 e. The van der Waals surface area contributed by atoms with Crippen molar-refractivity contribution < 1.29 is 48.3 Å². The number of ether oxygens (including phenoxy) is 5. The van der Waals surface area contributed by atoms with Crippen LogP contribution in [-0.4, -0.2) is 123 Å². The Labute approximate surface area is 280 Å². The number of rotatable bonds is 9. The number of esters is 1. The number of amides is 2. The van der Waals surface area contributed by atoms with Crippen LogP contribution >= 0.6 is 0 Å². The van der Waals surface area contributed by atoms with Crippen molar-refractivity contribution in [3.05, 3.63) is 29.8 Å². The molecule has 2 amide bonds. The largest absolute Gasteiger partial charge is 0.461 e. The Bertz CT molecular complexity index is 1510. The van der Waals surface area contributed by atoms with Gasteiger partial charge < -0.3 is 33.9 Å². The molecule has 2 saturated heterocycles. The minimum Gasteiger partial charge on any atom is -0.461 e. The standard InChI is InChI=1S/C36H48N2O10/c1-6-37-17-33(18-48-31(41)19-9-7-8-10-22(19)38-25(39)11-12-26(38)40)14-13-24(45-3)35-21-15-20-23(44-2)16-34(42,27(21)28(20)46-4)36(43,32(35)37)30(47-5)29(33)35/h7-10,20-21,23-24,27-30,32,42-43H,6,11-18H2,1-5H3/t20-,21-,23+,24+,27-,28+,29-,30+,32+,33-,34-,35+,36+/m1/s1. The van der Waals surface area contributed by atoms with Gasteiger partial charge in [-0.2, -0.15) is 0 Å². The van der Waals surface area contributed by atoms with Crippen LogP contribution in [0.4, 0.5) is 5.69 Å². The van der Waals surface area contributed by atoms with Gasteiger partial charge in [-0.3, -0.25) is 14.5 Å². The normalized spacial score (nSPS) is 47.1. The van der Waals surface area contributed by atoms with Crippen LogP contribution in [0.3, 0.4) is 0 Å². The van der Waals surface area contributed by atoms with Gasteiger partial charge in [-0.1, -0.05) is 19.1 Å². The summed E-state index contributed by atoms with van der Waals surface area (Å²) in [6.07, 6.45) is 0.951. The highest BCUT2D eigenvalue weighted by Gasteiger charge is 2.91. The Balaban J connectivity index is 1.24. The second-order valence-corrected chi connectivity index (χ2v) is 15.4. The second-order valence-electron chi connectivity index (χ2n) is 15.4. The van der Waals surface area contributed by atoms with Gasteiger partial charge in [-0.05, 0) is 43.9 Å². The van der Waals surface area contributed by atoms with Crippen LogP contribution in [0.15, 0.2) is 24.3 Å². The Morgan fingerprint density at radius 1 is 1.00 bits per heavy atom. The quantitative estimate of drug-likeness (QED) is 0.294. The number of benzene rings is 1. The summed E-state index contributed by atoms with van der Waals surface area (Å²) in [4.78, 5) is 42.6. The summed E-state index contributed by atoms with van der Waals surface area (Å²) in [6.45, 7) is 3.24. The zero-order valence-electron chi connectivity index (χ0n) is 28.4. The maximum Gasteiger partial charge on any atom is 0.340 e. The van der Waals surface area contributed by atoms with Crippen LogP contribution < -0.4 is 4.90 Å². The van der Waals surface area contributed by atoms with Gasteiger partial charge in [0, 0.05) is 82.8 Å². The highest BCUT2D eigenvalue weighted by Crippen LogP contribution is 2.80. The van der Waals surface area contributed by atoms with Crippen molar-refractivity contribution in [3.8, 4) is 0 Å². The van der Waals surface area contributed by atoms with Crippen molar-refractivity contribution in [2.45, 2.75) is 87.1 Å². The Kier molecular flexibility index (Phi) is 7.52. The van der Waals surface area contributed by atoms with Gasteiger partial charge in [0.1, 0.15) is 11.2 Å². The van der Waals surface area contributed by atoms with Gasteiger partial charge in [0.05, 0.1) is 48.3 Å². The summed E-state index contributed by atoms with van der Waals surface area (Å²) in [5.74, 6) is -2.00. The lowest BCUT2D eigenvalue weighted by Gasteiger charge is -2.70. The van der Waals surface area contributed by atoms with Gasteiger partial charge in [-0.25, -0.2) is 9.69 Å². The van der Waals surface area contributed by atoms with Crippen molar-refractivity contribution in [3.63, 3.8) is 0 Å². The molecule has 7 aliphatic rings. The van der Waals surface area contributed by atoms with Crippen LogP contribution in [-0.2, 0) is 33.3 Å². The van der Waals surface area contributed by atoms with Crippen molar-refractivity contribution in [2.24, 2.45) is 34.5 Å². The predicted octanol–water partition coefficient (Wildman–Crippen LogP) is 1.79. The van der Waals surface area contributed by atoms with E-state index in [2.05, 4.69) is 11.8 Å². The van der Waals surface area contributed by atoms with Crippen LogP contribution in [0.25, 0.3) is 0 Å². The number of carbonyl (C=O) groups excluding carboxylic acids is 3. The first kappa shape index (κ1) is 32.7. The fourth-order valence-corrected chi connectivity index (χ4v) is 13.0. The summed E-state index contributed by atoms with van der Waals surface area (Å²) >= 11 is 0. The fraction of sp³-hybridized carbons (Fsp3) is 0.750. The van der Waals surface area contributed by atoms with E-state index in [0.717, 1.165) is 11.3 Å². The van der Waals surface area contributed by atoms with Crippen LogP contribution in [0, 0.1) is 34.5 Å². The summed E-state index contributed by atoms with van der Waals surface area (Å²) in [5.41, 5.74) is -4.15. The summed E-state index contributed by atoms with van der Waals surface area (Å²) in [7, 11) is 6.70. The Morgan fingerprint density at radius 2 is 1.73 bits per heavy atom. The molecule has 8 rings (SSSR count). The van der Waals surface area contributed by atoms with E-state index in [0.29, 0.717) is 25.9 Å². The van der Waals surface area contributed by atoms with Crippen molar-refractivity contribution in [1.82, 2.24) is 4.90 Å². The van der Waals surface area contributed by atoms with Crippen LogP contribution in [0.5, 0.6) is 0 Å². The molecule has 1 aromatic carbocycles. The monoisotopic (exact) mass is 668 g/mol. The van der Waals surface area contributed by atoms with Gasteiger partial charge in [0.2, 0.25) is 11.8 Å². The molecule has 1 aromatic rings. The van der Waals surface area contributed by atoms with Gasteiger partial charge in [0.25, 0.3) is 0 Å². The maximum atomic E-state index is 14.0. The molecule has 48 heavy (non-hydrogen) atoms. The number of carbonyl (C=O) groups is 3. The van der Waals surface area contributed by atoms with E-state index in [1.54, 1.807) is 52.7 Å². The highest BCUT2D eigenvalue weighted by atomic mass is 16.5. The first-order valence-electron chi connectivity index (χ1n) is 17.5. The average Bonchev–Trinajstić information content (AvgIpc) is 3.66. The molecule has 1 spiro atoms. The summed E-state index contributed by atoms with van der Waals surface area (Å²) < 4.78 is 31.3. The van der Waals surface area contributed by atoms with Crippen LogP contribution in [0.1, 0.15) is 55.8 Å². The Hall–Kier alpha value is -2.45. The van der Waals surface area contributed by atoms with E-state index in [-0.39, 0.29) is 90.9 Å². The number of imide groups is 1. The molecule has 5 saturated carbocycles. The number of hydrogen-bond acceptors (Lipinski definition) is 11. The van der Waals surface area contributed by atoms with Gasteiger partial charge in [-0.15, -0.1) is 0 Å². The van der Waals surface area contributed by atoms with E-state index >= 15 is 0 Å². The molecule has 0 unspecified atom stereocenters. The zero-order valence-corrected chi connectivity index (χ0v) is 28.4. The third-order valence-corrected chi connectivity index (χ3v) is 14.2. The third kappa shape index (κ3) is 3.67. The second kappa shape index (κ2) is 11.0. The van der Waals surface area contributed by atoms with Crippen molar-refractivity contribution >= 4 is 23.5 Å². The summed E-state index contributed by atoms with van der Waals surface area (Å²) in [6, 6.07) is 6.11. The number of fused-ring (bicyclic) bond motifs is 2. The number of likely N-dealkylation sites (tertiary alicyclic amines) is 1. The number of hydrogen-bond donors (Lipinski definition) is 2. The fourth-order valence-electron chi connectivity index (χ4n) is 13.0. The van der Waals surface area contributed by atoms with E-state index in [9.17, 15) is 24.6 Å². The number of methoxy groups -OCH3 is 4. The molecular formula is C36H48N2O10. The van der Waals surface area contributed by atoms with E-state index in [1.807, 2.05) is 0 Å². The molecular weight excluding hydrogens is 620 g/mol. The minimum absolute atomic E-state index is 0.0394. The number of piperidine rings is 1. The first-order valence-corrected chi connectivity index (χ1v) is 17.5. The molecule has 262 valence electrons. The number of aliphatic hydroxyl groups is 2. The molecule has 12 nitrogen and oxygen atoms in total. The molecule has 7 fully saturated rings. The third-order valence-electron chi connectivity index (χ3n) is 14.2. The number of para-hydroxylation sites is 1. The SMILES string of the molecule is CCN1C[C@@]2(COC(=O)c3ccccc3N3C(=O)CCC3=O)CC[C@H](OC)[C@@]34[C@@H]5C[C@H]6[C@H](OC)[C@@H]5[C@](O)(C[C@@H]6OC)[C@](O)([C@@H](OC)[C@H]23)[C@@H]14. The van der Waals surface area contributed by atoms with Crippen LogP contribution in [0.2, 0.25) is 0 Å². The molecule has 2 heterocycles. The van der Waals surface area contributed by atoms with Gasteiger partial charge >= 0.3 is 5.97 Å².